The van der Waals surface area contributed by atoms with Gasteiger partial charge in [0.15, 0.2) is 5.75 Å². The van der Waals surface area contributed by atoms with E-state index >= 15 is 0 Å². The summed E-state index contributed by atoms with van der Waals surface area (Å²) in [6, 6.07) is 3.82. The molecule has 0 unspecified atom stereocenters. The number of hydrogen-bond acceptors (Lipinski definition) is 6. The molecule has 0 spiro atoms. The number of amides is 2. The first-order valence-electron chi connectivity index (χ1n) is 11.9. The number of aromatic nitrogens is 1. The molecule has 3 aliphatic heterocycles. The van der Waals surface area contributed by atoms with Crippen LogP contribution in [0.2, 0.25) is 5.02 Å². The number of nitrogens with zero attached hydrogens (tertiary/aromatic N) is 3. The Morgan fingerprint density at radius 1 is 1.29 bits per heavy atom. The predicted octanol–water partition coefficient (Wildman–Crippen LogP) is 3.74. The number of carbonyl (C=O) groups excluding carboxylic acids is 2. The van der Waals surface area contributed by atoms with Crippen LogP contribution in [0.15, 0.2) is 18.2 Å². The zero-order chi connectivity index (χ0) is 24.9. The van der Waals surface area contributed by atoms with E-state index in [1.54, 1.807) is 23.8 Å². The highest BCUT2D eigenvalue weighted by Gasteiger charge is 2.47. The van der Waals surface area contributed by atoms with Crippen LogP contribution < -0.4 is 15.0 Å². The van der Waals surface area contributed by atoms with Crippen molar-refractivity contribution >= 4 is 29.2 Å². The lowest BCUT2D eigenvalue weighted by molar-refractivity contribution is -0.125. The van der Waals surface area contributed by atoms with Gasteiger partial charge in [-0.1, -0.05) is 17.7 Å². The molecule has 2 saturated heterocycles. The number of piperidine rings is 1. The van der Waals surface area contributed by atoms with Crippen molar-refractivity contribution in [2.75, 3.05) is 31.6 Å². The molecule has 35 heavy (non-hydrogen) atoms. The Kier molecular flexibility index (Phi) is 5.99. The van der Waals surface area contributed by atoms with Crippen molar-refractivity contribution in [1.82, 2.24) is 15.2 Å². The molecule has 0 aliphatic carbocycles. The molecule has 3 aliphatic rings. The van der Waals surface area contributed by atoms with Crippen molar-refractivity contribution in [2.45, 2.75) is 50.6 Å². The smallest absolute Gasteiger partial charge is 0.261 e. The van der Waals surface area contributed by atoms with Crippen molar-refractivity contribution in [1.29, 1.82) is 0 Å². The number of fused-ring (bicyclic) bond motifs is 2. The van der Waals surface area contributed by atoms with E-state index in [1.807, 2.05) is 0 Å². The molecule has 0 bridgehead atoms. The SMILES string of the molecule is CNC(=O)[C@]1(C)CCCN1c1nc(-c2c(O)cccc2F)c(Cl)c2c1C(=O)N1CCCC[C@@H]1CO2. The highest BCUT2D eigenvalue weighted by atomic mass is 35.5. The van der Waals surface area contributed by atoms with Crippen LogP contribution in [-0.2, 0) is 4.79 Å². The summed E-state index contributed by atoms with van der Waals surface area (Å²) in [6.45, 7) is 3.10. The molecular weight excluding hydrogens is 475 g/mol. The van der Waals surface area contributed by atoms with E-state index in [0.29, 0.717) is 25.9 Å². The lowest BCUT2D eigenvalue weighted by Gasteiger charge is -2.37. The quantitative estimate of drug-likeness (QED) is 0.664. The van der Waals surface area contributed by atoms with Gasteiger partial charge in [-0.3, -0.25) is 9.59 Å². The summed E-state index contributed by atoms with van der Waals surface area (Å²) in [7, 11) is 1.56. The maximum Gasteiger partial charge on any atom is 0.261 e. The molecule has 5 rings (SSSR count). The molecule has 10 heteroatoms. The maximum absolute atomic E-state index is 14.9. The van der Waals surface area contributed by atoms with E-state index in [2.05, 4.69) is 10.3 Å². The second-order valence-corrected chi connectivity index (χ2v) is 9.88. The summed E-state index contributed by atoms with van der Waals surface area (Å²) in [5.74, 6) is -1.20. The highest BCUT2D eigenvalue weighted by molar-refractivity contribution is 6.35. The van der Waals surface area contributed by atoms with Gasteiger partial charge in [0.2, 0.25) is 5.91 Å². The monoisotopic (exact) mass is 502 g/mol. The minimum absolute atomic E-state index is 0.0326. The van der Waals surface area contributed by atoms with Crippen LogP contribution in [0, 0.1) is 5.82 Å². The molecule has 4 heterocycles. The number of ether oxygens (including phenoxy) is 1. The summed E-state index contributed by atoms with van der Waals surface area (Å²) in [6.07, 6.45) is 3.93. The number of likely N-dealkylation sites (N-methyl/N-ethyl adjacent to an activating group) is 1. The minimum atomic E-state index is -0.980. The molecule has 186 valence electrons. The number of halogens is 2. The van der Waals surface area contributed by atoms with E-state index in [1.165, 1.54) is 18.2 Å². The molecule has 1 aromatic carbocycles. The maximum atomic E-state index is 14.9. The number of phenolic OH excluding ortho intramolecular Hbond substituents is 1. The number of benzene rings is 1. The number of aromatic hydroxyl groups is 1. The van der Waals surface area contributed by atoms with Crippen LogP contribution in [0.4, 0.5) is 10.2 Å². The second kappa shape index (κ2) is 8.86. The van der Waals surface area contributed by atoms with Gasteiger partial charge in [-0.15, -0.1) is 0 Å². The van der Waals surface area contributed by atoms with Crippen molar-refractivity contribution in [3.05, 3.63) is 34.6 Å². The van der Waals surface area contributed by atoms with Gasteiger partial charge < -0.3 is 25.0 Å². The number of rotatable bonds is 3. The van der Waals surface area contributed by atoms with Crippen LogP contribution in [0.3, 0.4) is 0 Å². The number of anilines is 1. The van der Waals surface area contributed by atoms with E-state index in [9.17, 15) is 19.1 Å². The van der Waals surface area contributed by atoms with Gasteiger partial charge in [0.1, 0.15) is 45.8 Å². The number of hydrogen-bond donors (Lipinski definition) is 2. The molecule has 2 N–H and O–H groups in total. The first kappa shape index (κ1) is 23.7. The topological polar surface area (TPSA) is 95.0 Å². The van der Waals surface area contributed by atoms with Crippen LogP contribution in [0.5, 0.6) is 11.5 Å². The Morgan fingerprint density at radius 3 is 2.83 bits per heavy atom. The molecule has 2 amide bonds. The van der Waals surface area contributed by atoms with E-state index in [4.69, 9.17) is 16.3 Å². The molecule has 2 aromatic rings. The van der Waals surface area contributed by atoms with E-state index < -0.39 is 11.4 Å². The number of nitrogens with one attached hydrogen (secondary N) is 1. The Balaban J connectivity index is 1.79. The predicted molar refractivity (Wildman–Crippen MR) is 130 cm³/mol. The Hall–Kier alpha value is -3.07. The fourth-order valence-corrected chi connectivity index (χ4v) is 5.82. The van der Waals surface area contributed by atoms with Gasteiger partial charge in [-0.25, -0.2) is 9.37 Å². The Morgan fingerprint density at radius 2 is 2.09 bits per heavy atom. The first-order valence-corrected chi connectivity index (χ1v) is 12.3. The molecule has 2 atom stereocenters. The van der Waals surface area contributed by atoms with Gasteiger partial charge in [-0.2, -0.15) is 0 Å². The van der Waals surface area contributed by atoms with Gasteiger partial charge in [0.05, 0.1) is 11.6 Å². The molecule has 1 aromatic heterocycles. The van der Waals surface area contributed by atoms with Gasteiger partial charge in [0.25, 0.3) is 5.91 Å². The second-order valence-electron chi connectivity index (χ2n) is 9.50. The lowest BCUT2D eigenvalue weighted by Crippen LogP contribution is -2.53. The Bertz CT molecular complexity index is 1190. The van der Waals surface area contributed by atoms with E-state index in [-0.39, 0.29) is 63.6 Å². The average molecular weight is 503 g/mol. The van der Waals surface area contributed by atoms with Crippen LogP contribution in [0.1, 0.15) is 49.4 Å². The largest absolute Gasteiger partial charge is 0.507 e. The molecule has 2 fully saturated rings. The molecule has 8 nitrogen and oxygen atoms in total. The fraction of sp³-hybridized carbons (Fsp3) is 0.480. The standard InChI is InChI=1S/C25H28ClFN4O4/c1-25(24(34)28-2)10-6-12-31(25)22-18-21(35-13-14-7-3-4-11-30(14)23(18)33)19(26)20(29-22)17-15(27)8-5-9-16(17)32/h5,8-9,14,32H,3-4,6-7,10-13H2,1-2H3,(H,28,34)/t14-,25+/m1/s1. The zero-order valence-corrected chi connectivity index (χ0v) is 20.5. The normalized spacial score (nSPS) is 23.9. The zero-order valence-electron chi connectivity index (χ0n) is 19.7. The third kappa shape index (κ3) is 3.67. The summed E-state index contributed by atoms with van der Waals surface area (Å²) in [5, 5.41) is 13.2. The van der Waals surface area contributed by atoms with Gasteiger partial charge in [0, 0.05) is 20.1 Å². The van der Waals surface area contributed by atoms with Crippen molar-refractivity contribution < 1.29 is 23.8 Å². The Labute approximate surface area is 208 Å². The van der Waals surface area contributed by atoms with Crippen molar-refractivity contribution in [3.63, 3.8) is 0 Å². The van der Waals surface area contributed by atoms with E-state index in [0.717, 1.165) is 19.3 Å². The first-order chi connectivity index (χ1) is 16.8. The number of pyridine rings is 1. The summed E-state index contributed by atoms with van der Waals surface area (Å²) >= 11 is 6.75. The summed E-state index contributed by atoms with van der Waals surface area (Å²) < 4.78 is 21.1. The van der Waals surface area contributed by atoms with Crippen molar-refractivity contribution in [2.24, 2.45) is 0 Å². The summed E-state index contributed by atoms with van der Waals surface area (Å²) in [5.41, 5.74) is -1.02. The van der Waals surface area contributed by atoms with Gasteiger partial charge >= 0.3 is 0 Å². The number of phenols is 1. The third-order valence-corrected chi connectivity index (χ3v) is 7.79. The van der Waals surface area contributed by atoms with Crippen LogP contribution in [0.25, 0.3) is 11.3 Å². The highest BCUT2D eigenvalue weighted by Crippen LogP contribution is 2.48. The summed E-state index contributed by atoms with van der Waals surface area (Å²) in [4.78, 5) is 35.2. The third-order valence-electron chi connectivity index (χ3n) is 7.44. The van der Waals surface area contributed by atoms with Crippen LogP contribution >= 0.6 is 11.6 Å². The molecule has 0 saturated carbocycles. The fourth-order valence-electron chi connectivity index (χ4n) is 5.54. The molecule has 0 radical (unpaired) electrons. The van der Waals surface area contributed by atoms with Crippen LogP contribution in [-0.4, -0.2) is 65.1 Å². The minimum Gasteiger partial charge on any atom is -0.507 e. The average Bonchev–Trinajstić information content (AvgIpc) is 3.18. The molecular formula is C25H28ClFN4O4. The van der Waals surface area contributed by atoms with Crippen molar-refractivity contribution in [3.8, 4) is 22.8 Å². The number of carbonyl (C=O) groups is 2. The lowest BCUT2D eigenvalue weighted by atomic mass is 9.96. The van der Waals surface area contributed by atoms with Gasteiger partial charge in [-0.05, 0) is 51.2 Å².